The van der Waals surface area contributed by atoms with Crippen LogP contribution in [0.1, 0.15) is 40.6 Å². The summed E-state index contributed by atoms with van der Waals surface area (Å²) in [5.74, 6) is 1.98. The summed E-state index contributed by atoms with van der Waals surface area (Å²) in [6.45, 7) is 2.76. The van der Waals surface area contributed by atoms with Crippen LogP contribution in [0.2, 0.25) is 0 Å². The topological polar surface area (TPSA) is 21.3 Å². The molecule has 1 aliphatic heterocycles. The molecule has 1 heterocycles. The number of anilines is 1. The second kappa shape index (κ2) is 7.20. The Morgan fingerprint density at radius 3 is 2.64 bits per heavy atom. The summed E-state index contributed by atoms with van der Waals surface area (Å²) in [6, 6.07) is 25.9. The molecule has 3 aromatic rings. The van der Waals surface area contributed by atoms with Crippen molar-refractivity contribution in [2.45, 2.75) is 31.9 Å². The van der Waals surface area contributed by atoms with Gasteiger partial charge in [0.15, 0.2) is 0 Å². The average molecular weight is 367 g/mol. The first kappa shape index (κ1) is 17.1. The molecule has 3 aromatic carbocycles. The summed E-state index contributed by atoms with van der Waals surface area (Å²) < 4.78 is 6.27. The van der Waals surface area contributed by atoms with Crippen molar-refractivity contribution in [3.8, 4) is 5.75 Å². The van der Waals surface area contributed by atoms with E-state index in [1.165, 1.54) is 27.9 Å². The Bertz CT molecular complexity index is 1010. The monoisotopic (exact) mass is 367 g/mol. The van der Waals surface area contributed by atoms with Gasteiger partial charge in [-0.2, -0.15) is 0 Å². The molecule has 0 bridgehead atoms. The van der Waals surface area contributed by atoms with Crippen molar-refractivity contribution in [2.24, 2.45) is 5.92 Å². The van der Waals surface area contributed by atoms with Gasteiger partial charge < -0.3 is 10.1 Å². The maximum atomic E-state index is 6.27. The summed E-state index contributed by atoms with van der Waals surface area (Å²) in [5.41, 5.74) is 6.45. The van der Waals surface area contributed by atoms with Crippen LogP contribution in [0.4, 0.5) is 5.69 Å². The standard InChI is InChI=1S/C26H25NO/c1-18-14-15-24-23(16-18)20-11-7-12-21(20)26(27-24)22-10-5-6-13-25(22)28-17-19-8-3-2-4-9-19/h2-11,13-16,20-21,26-27H,12,17H2,1H3. The van der Waals surface area contributed by atoms with Crippen molar-refractivity contribution in [2.75, 3.05) is 5.32 Å². The van der Waals surface area contributed by atoms with Crippen LogP contribution in [0.25, 0.3) is 0 Å². The van der Waals surface area contributed by atoms with Gasteiger partial charge in [-0.25, -0.2) is 0 Å². The third-order valence-electron chi connectivity index (χ3n) is 6.01. The third-order valence-corrected chi connectivity index (χ3v) is 6.01. The minimum absolute atomic E-state index is 0.252. The Kier molecular flexibility index (Phi) is 4.40. The van der Waals surface area contributed by atoms with E-state index in [9.17, 15) is 0 Å². The first-order chi connectivity index (χ1) is 13.8. The molecule has 3 unspecified atom stereocenters. The molecule has 0 fully saturated rings. The quantitative estimate of drug-likeness (QED) is 0.539. The second-order valence-corrected chi connectivity index (χ2v) is 7.88. The zero-order valence-electron chi connectivity index (χ0n) is 16.1. The number of hydrogen-bond donors (Lipinski definition) is 1. The van der Waals surface area contributed by atoms with Crippen LogP contribution < -0.4 is 10.1 Å². The zero-order valence-corrected chi connectivity index (χ0v) is 16.1. The molecule has 140 valence electrons. The second-order valence-electron chi connectivity index (χ2n) is 7.88. The van der Waals surface area contributed by atoms with E-state index in [1.807, 2.05) is 6.07 Å². The number of rotatable bonds is 4. The largest absolute Gasteiger partial charge is 0.489 e. The molecule has 28 heavy (non-hydrogen) atoms. The molecule has 0 aromatic heterocycles. The van der Waals surface area contributed by atoms with Gasteiger partial charge in [0.2, 0.25) is 0 Å². The fourth-order valence-corrected chi connectivity index (χ4v) is 4.63. The molecule has 2 heteroatoms. The molecule has 3 atom stereocenters. The van der Waals surface area contributed by atoms with E-state index in [1.54, 1.807) is 0 Å². The van der Waals surface area contributed by atoms with E-state index in [2.05, 4.69) is 91.1 Å². The van der Waals surface area contributed by atoms with E-state index in [4.69, 9.17) is 4.74 Å². The number of ether oxygens (including phenoxy) is 1. The van der Waals surface area contributed by atoms with Crippen LogP contribution in [0.15, 0.2) is 84.9 Å². The summed E-state index contributed by atoms with van der Waals surface area (Å²) in [6.07, 6.45) is 5.84. The minimum Gasteiger partial charge on any atom is -0.489 e. The number of nitrogens with one attached hydrogen (secondary N) is 1. The van der Waals surface area contributed by atoms with Gasteiger partial charge >= 0.3 is 0 Å². The number of benzene rings is 3. The first-order valence-corrected chi connectivity index (χ1v) is 10.1. The van der Waals surface area contributed by atoms with Gasteiger partial charge in [-0.15, -0.1) is 0 Å². The maximum absolute atomic E-state index is 6.27. The number of para-hydroxylation sites is 1. The summed E-state index contributed by atoms with van der Waals surface area (Å²) in [5, 5.41) is 3.83. The lowest BCUT2D eigenvalue weighted by atomic mass is 9.76. The lowest BCUT2D eigenvalue weighted by Gasteiger charge is -2.38. The lowest BCUT2D eigenvalue weighted by molar-refractivity contribution is 0.296. The molecule has 1 N–H and O–H groups in total. The van der Waals surface area contributed by atoms with E-state index < -0.39 is 0 Å². The molecule has 0 amide bonds. The predicted octanol–water partition coefficient (Wildman–Crippen LogP) is 6.40. The van der Waals surface area contributed by atoms with Crippen molar-refractivity contribution < 1.29 is 4.74 Å². The molecule has 0 saturated heterocycles. The van der Waals surface area contributed by atoms with Gasteiger partial charge in [-0.05, 0) is 42.5 Å². The highest BCUT2D eigenvalue weighted by Gasteiger charge is 2.38. The normalized spacial score (nSPS) is 22.2. The number of allylic oxidation sites excluding steroid dienone is 2. The third kappa shape index (κ3) is 3.09. The van der Waals surface area contributed by atoms with Gasteiger partial charge in [-0.1, -0.05) is 78.4 Å². The molecule has 0 spiro atoms. The average Bonchev–Trinajstić information content (AvgIpc) is 3.23. The highest BCUT2D eigenvalue weighted by Crippen LogP contribution is 2.51. The van der Waals surface area contributed by atoms with E-state index in [-0.39, 0.29) is 6.04 Å². The van der Waals surface area contributed by atoms with Crippen molar-refractivity contribution in [1.29, 1.82) is 0 Å². The number of fused-ring (bicyclic) bond motifs is 3. The Labute approximate surface area is 166 Å². The molecule has 2 aliphatic rings. The van der Waals surface area contributed by atoms with Crippen LogP contribution in [0.3, 0.4) is 0 Å². The summed E-state index contributed by atoms with van der Waals surface area (Å²) >= 11 is 0. The Balaban J connectivity index is 1.47. The van der Waals surface area contributed by atoms with Crippen LogP contribution in [-0.2, 0) is 6.61 Å². The Morgan fingerprint density at radius 2 is 1.75 bits per heavy atom. The van der Waals surface area contributed by atoms with Gasteiger partial charge in [0.1, 0.15) is 12.4 Å². The molecule has 2 nitrogen and oxygen atoms in total. The minimum atomic E-state index is 0.252. The van der Waals surface area contributed by atoms with Crippen molar-refractivity contribution in [3.05, 3.63) is 107 Å². The van der Waals surface area contributed by atoms with Gasteiger partial charge in [0, 0.05) is 17.2 Å². The fraction of sp³-hybridized carbons (Fsp3) is 0.231. The van der Waals surface area contributed by atoms with Gasteiger partial charge in [0.25, 0.3) is 0 Å². The first-order valence-electron chi connectivity index (χ1n) is 10.1. The molecular weight excluding hydrogens is 342 g/mol. The van der Waals surface area contributed by atoms with Crippen molar-refractivity contribution >= 4 is 5.69 Å². The van der Waals surface area contributed by atoms with E-state index in [0.717, 1.165) is 12.2 Å². The van der Waals surface area contributed by atoms with E-state index >= 15 is 0 Å². The summed E-state index contributed by atoms with van der Waals surface area (Å²) in [4.78, 5) is 0. The SMILES string of the molecule is Cc1ccc2c(c1)C1C=CCC1C(c1ccccc1OCc1ccccc1)N2. The summed E-state index contributed by atoms with van der Waals surface area (Å²) in [7, 11) is 0. The van der Waals surface area contributed by atoms with Crippen LogP contribution in [0, 0.1) is 12.8 Å². The molecule has 1 aliphatic carbocycles. The van der Waals surface area contributed by atoms with Crippen molar-refractivity contribution in [1.82, 2.24) is 0 Å². The van der Waals surface area contributed by atoms with Crippen LogP contribution in [-0.4, -0.2) is 0 Å². The van der Waals surface area contributed by atoms with Crippen LogP contribution >= 0.6 is 0 Å². The smallest absolute Gasteiger partial charge is 0.125 e. The molecule has 5 rings (SSSR count). The zero-order chi connectivity index (χ0) is 18.9. The molecule has 0 radical (unpaired) electrons. The maximum Gasteiger partial charge on any atom is 0.125 e. The van der Waals surface area contributed by atoms with Crippen molar-refractivity contribution in [3.63, 3.8) is 0 Å². The Morgan fingerprint density at radius 1 is 0.929 bits per heavy atom. The van der Waals surface area contributed by atoms with Gasteiger partial charge in [-0.3, -0.25) is 0 Å². The van der Waals surface area contributed by atoms with Crippen LogP contribution in [0.5, 0.6) is 5.75 Å². The van der Waals surface area contributed by atoms with E-state index in [0.29, 0.717) is 18.4 Å². The predicted molar refractivity (Wildman–Crippen MR) is 115 cm³/mol. The lowest BCUT2D eigenvalue weighted by Crippen LogP contribution is -2.29. The highest BCUT2D eigenvalue weighted by atomic mass is 16.5. The molecule has 0 saturated carbocycles. The molecular formula is C26H25NO. The highest BCUT2D eigenvalue weighted by molar-refractivity contribution is 5.61. The number of hydrogen-bond acceptors (Lipinski definition) is 2. The number of aryl methyl sites for hydroxylation is 1. The fourth-order valence-electron chi connectivity index (χ4n) is 4.63. The Hall–Kier alpha value is -3.00. The van der Waals surface area contributed by atoms with Gasteiger partial charge in [0.05, 0.1) is 6.04 Å².